The Kier molecular flexibility index (Phi) is 4.93. The van der Waals surface area contributed by atoms with Crippen molar-refractivity contribution in [3.05, 3.63) is 65.5 Å². The number of rotatable bonds is 4. The number of benzene rings is 2. The molecule has 0 spiro atoms. The monoisotopic (exact) mass is 349 g/mol. The molecule has 0 saturated heterocycles. The Labute approximate surface area is 151 Å². The first-order valence-corrected chi connectivity index (χ1v) is 8.25. The van der Waals surface area contributed by atoms with Gasteiger partial charge in [0.15, 0.2) is 11.8 Å². The SMILES string of the molecule is Cc1cccc(C)c1NC(=O)C(C)OC(=O)c1cnc2ccccc2n1. The van der Waals surface area contributed by atoms with Crippen LogP contribution >= 0.6 is 0 Å². The molecule has 0 fully saturated rings. The van der Waals surface area contributed by atoms with Crippen molar-refractivity contribution in [3.8, 4) is 0 Å². The third-order valence-corrected chi connectivity index (χ3v) is 4.04. The standard InChI is InChI=1S/C20H19N3O3/c1-12-7-6-8-13(2)18(12)23-19(24)14(3)26-20(25)17-11-21-15-9-4-5-10-16(15)22-17/h4-11,14H,1-3H3,(H,23,24). The van der Waals surface area contributed by atoms with Gasteiger partial charge in [0.05, 0.1) is 17.2 Å². The number of ether oxygens (including phenoxy) is 1. The number of hydrogen-bond donors (Lipinski definition) is 1. The van der Waals surface area contributed by atoms with E-state index in [0.29, 0.717) is 11.0 Å². The summed E-state index contributed by atoms with van der Waals surface area (Å²) in [5.74, 6) is -1.09. The van der Waals surface area contributed by atoms with Gasteiger partial charge in [0.1, 0.15) is 0 Å². The Balaban J connectivity index is 1.70. The molecule has 6 nitrogen and oxygen atoms in total. The van der Waals surface area contributed by atoms with Gasteiger partial charge in [-0.3, -0.25) is 9.78 Å². The number of aromatic nitrogens is 2. The highest BCUT2D eigenvalue weighted by Crippen LogP contribution is 2.20. The number of carbonyl (C=O) groups excluding carboxylic acids is 2. The van der Waals surface area contributed by atoms with Crippen molar-refractivity contribution in [3.63, 3.8) is 0 Å². The lowest BCUT2D eigenvalue weighted by Crippen LogP contribution is -2.30. The highest BCUT2D eigenvalue weighted by atomic mass is 16.5. The van der Waals surface area contributed by atoms with Crippen LogP contribution < -0.4 is 5.32 Å². The first-order chi connectivity index (χ1) is 12.5. The highest BCUT2D eigenvalue weighted by molar-refractivity contribution is 5.98. The molecule has 0 radical (unpaired) electrons. The summed E-state index contributed by atoms with van der Waals surface area (Å²) in [7, 11) is 0. The van der Waals surface area contributed by atoms with Gasteiger partial charge in [0.2, 0.25) is 0 Å². The van der Waals surface area contributed by atoms with E-state index < -0.39 is 18.0 Å². The van der Waals surface area contributed by atoms with Crippen LogP contribution in [0.2, 0.25) is 0 Å². The predicted molar refractivity (Wildman–Crippen MR) is 99.0 cm³/mol. The van der Waals surface area contributed by atoms with Gasteiger partial charge < -0.3 is 10.1 Å². The molecular weight excluding hydrogens is 330 g/mol. The van der Waals surface area contributed by atoms with Crippen LogP contribution in [0.15, 0.2) is 48.7 Å². The van der Waals surface area contributed by atoms with Crippen molar-refractivity contribution in [1.82, 2.24) is 9.97 Å². The van der Waals surface area contributed by atoms with Crippen LogP contribution in [-0.4, -0.2) is 27.9 Å². The molecule has 3 rings (SSSR count). The molecule has 0 aliphatic heterocycles. The molecule has 1 heterocycles. The maximum absolute atomic E-state index is 12.4. The second kappa shape index (κ2) is 7.31. The molecule has 0 saturated carbocycles. The van der Waals surface area contributed by atoms with Gasteiger partial charge in [-0.15, -0.1) is 0 Å². The first-order valence-electron chi connectivity index (χ1n) is 8.25. The number of anilines is 1. The van der Waals surface area contributed by atoms with E-state index in [1.807, 2.05) is 44.2 Å². The van der Waals surface area contributed by atoms with E-state index in [2.05, 4.69) is 15.3 Å². The topological polar surface area (TPSA) is 81.2 Å². The van der Waals surface area contributed by atoms with E-state index in [9.17, 15) is 9.59 Å². The quantitative estimate of drug-likeness (QED) is 0.730. The van der Waals surface area contributed by atoms with Crippen LogP contribution in [0.4, 0.5) is 5.69 Å². The summed E-state index contributed by atoms with van der Waals surface area (Å²) >= 11 is 0. The van der Waals surface area contributed by atoms with Crippen LogP contribution in [0.3, 0.4) is 0 Å². The maximum Gasteiger partial charge on any atom is 0.359 e. The number of fused-ring (bicyclic) bond motifs is 1. The molecule has 1 unspecified atom stereocenters. The van der Waals surface area contributed by atoms with E-state index in [-0.39, 0.29) is 5.69 Å². The summed E-state index contributed by atoms with van der Waals surface area (Å²) in [5.41, 5.74) is 3.95. The molecule has 1 amide bonds. The zero-order chi connectivity index (χ0) is 18.7. The number of nitrogens with one attached hydrogen (secondary N) is 1. The third kappa shape index (κ3) is 3.69. The summed E-state index contributed by atoms with van der Waals surface area (Å²) in [5, 5.41) is 2.81. The zero-order valence-electron chi connectivity index (χ0n) is 14.8. The van der Waals surface area contributed by atoms with Gasteiger partial charge in [-0.05, 0) is 44.0 Å². The van der Waals surface area contributed by atoms with Crippen molar-refractivity contribution >= 4 is 28.6 Å². The fraction of sp³-hybridized carbons (Fsp3) is 0.200. The molecule has 1 N–H and O–H groups in total. The molecule has 2 aromatic carbocycles. The molecular formula is C20H19N3O3. The second-order valence-electron chi connectivity index (χ2n) is 6.05. The first kappa shape index (κ1) is 17.5. The van der Waals surface area contributed by atoms with Gasteiger partial charge >= 0.3 is 5.97 Å². The normalized spacial score (nSPS) is 11.8. The molecule has 1 atom stereocenters. The van der Waals surface area contributed by atoms with E-state index in [1.165, 1.54) is 13.1 Å². The van der Waals surface area contributed by atoms with Gasteiger partial charge in [0.25, 0.3) is 5.91 Å². The minimum absolute atomic E-state index is 0.0652. The molecule has 3 aromatic rings. The minimum Gasteiger partial charge on any atom is -0.448 e. The molecule has 26 heavy (non-hydrogen) atoms. The molecule has 6 heteroatoms. The van der Waals surface area contributed by atoms with Gasteiger partial charge in [-0.2, -0.15) is 0 Å². The lowest BCUT2D eigenvalue weighted by molar-refractivity contribution is -0.123. The van der Waals surface area contributed by atoms with Gasteiger partial charge in [-0.1, -0.05) is 30.3 Å². The van der Waals surface area contributed by atoms with Gasteiger partial charge in [0, 0.05) is 5.69 Å². The Morgan fingerprint density at radius 3 is 2.35 bits per heavy atom. The van der Waals surface area contributed by atoms with Crippen LogP contribution in [0.1, 0.15) is 28.5 Å². The van der Waals surface area contributed by atoms with Crippen molar-refractivity contribution < 1.29 is 14.3 Å². The predicted octanol–water partition coefficient (Wildman–Crippen LogP) is 3.43. The molecule has 1 aromatic heterocycles. The summed E-state index contributed by atoms with van der Waals surface area (Å²) in [6.07, 6.45) is 0.385. The van der Waals surface area contributed by atoms with Gasteiger partial charge in [-0.25, -0.2) is 9.78 Å². The Morgan fingerprint density at radius 1 is 1.00 bits per heavy atom. The second-order valence-corrected chi connectivity index (χ2v) is 6.05. The summed E-state index contributed by atoms with van der Waals surface area (Å²) in [6, 6.07) is 13.0. The maximum atomic E-state index is 12.4. The van der Waals surface area contributed by atoms with Crippen molar-refractivity contribution in [2.75, 3.05) is 5.32 Å². The minimum atomic E-state index is -0.963. The Hall–Kier alpha value is -3.28. The fourth-order valence-electron chi connectivity index (χ4n) is 2.57. The number of hydrogen-bond acceptors (Lipinski definition) is 5. The Bertz CT molecular complexity index is 965. The number of amides is 1. The number of para-hydroxylation sites is 3. The van der Waals surface area contributed by atoms with Crippen LogP contribution in [-0.2, 0) is 9.53 Å². The molecule has 0 bridgehead atoms. The number of carbonyl (C=O) groups is 2. The van der Waals surface area contributed by atoms with E-state index in [4.69, 9.17) is 4.74 Å². The lowest BCUT2D eigenvalue weighted by Gasteiger charge is -2.16. The summed E-state index contributed by atoms with van der Waals surface area (Å²) in [4.78, 5) is 33.1. The Morgan fingerprint density at radius 2 is 1.65 bits per heavy atom. The molecule has 132 valence electrons. The van der Waals surface area contributed by atoms with Crippen LogP contribution in [0, 0.1) is 13.8 Å². The zero-order valence-corrected chi connectivity index (χ0v) is 14.8. The summed E-state index contributed by atoms with van der Waals surface area (Å²) in [6.45, 7) is 5.34. The third-order valence-electron chi connectivity index (χ3n) is 4.04. The van der Waals surface area contributed by atoms with E-state index >= 15 is 0 Å². The number of aryl methyl sites for hydroxylation is 2. The average Bonchev–Trinajstić information content (AvgIpc) is 2.64. The smallest absolute Gasteiger partial charge is 0.359 e. The van der Waals surface area contributed by atoms with Crippen molar-refractivity contribution in [2.45, 2.75) is 26.9 Å². The lowest BCUT2D eigenvalue weighted by atomic mass is 10.1. The average molecular weight is 349 g/mol. The number of nitrogens with zero attached hydrogens (tertiary/aromatic N) is 2. The summed E-state index contributed by atoms with van der Waals surface area (Å²) < 4.78 is 5.25. The fourth-order valence-corrected chi connectivity index (χ4v) is 2.57. The van der Waals surface area contributed by atoms with Crippen molar-refractivity contribution in [2.24, 2.45) is 0 Å². The number of esters is 1. The largest absolute Gasteiger partial charge is 0.448 e. The highest BCUT2D eigenvalue weighted by Gasteiger charge is 2.21. The van der Waals surface area contributed by atoms with Crippen LogP contribution in [0.25, 0.3) is 11.0 Å². The van der Waals surface area contributed by atoms with E-state index in [1.54, 1.807) is 12.1 Å². The van der Waals surface area contributed by atoms with Crippen LogP contribution in [0.5, 0.6) is 0 Å². The van der Waals surface area contributed by atoms with E-state index in [0.717, 1.165) is 16.8 Å². The molecule has 0 aliphatic carbocycles. The molecule has 0 aliphatic rings. The van der Waals surface area contributed by atoms with Crippen molar-refractivity contribution in [1.29, 1.82) is 0 Å².